The molecule has 1 aliphatic rings. The van der Waals surface area contributed by atoms with Crippen molar-refractivity contribution in [1.82, 2.24) is 14.8 Å². The number of rotatable bonds is 4. The van der Waals surface area contributed by atoms with Crippen LogP contribution in [0.25, 0.3) is 0 Å². The third-order valence-electron chi connectivity index (χ3n) is 4.52. The average molecular weight is 391 g/mol. The van der Waals surface area contributed by atoms with Gasteiger partial charge in [-0.15, -0.1) is 0 Å². The Morgan fingerprint density at radius 1 is 1.19 bits per heavy atom. The highest BCUT2D eigenvalue weighted by molar-refractivity contribution is 6.31. The number of carbonyl (C=O) groups is 2. The number of carbonyl (C=O) groups excluding carboxylic acids is 2. The highest BCUT2D eigenvalue weighted by Crippen LogP contribution is 2.20. The molecule has 0 atom stereocenters. The van der Waals surface area contributed by atoms with Crippen LogP contribution in [0.5, 0.6) is 0 Å². The lowest BCUT2D eigenvalue weighted by atomic mass is 10.1. The Labute approximate surface area is 161 Å². The number of nitrogens with zero attached hydrogens (tertiary/aromatic N) is 3. The lowest BCUT2D eigenvalue weighted by molar-refractivity contribution is 0.0643. The van der Waals surface area contributed by atoms with Crippen molar-refractivity contribution in [2.45, 2.75) is 6.92 Å². The third kappa shape index (κ3) is 4.61. The molecule has 0 bridgehead atoms. The average Bonchev–Trinajstić information content (AvgIpc) is 2.70. The number of anilines is 1. The Bertz CT molecular complexity index is 853. The summed E-state index contributed by atoms with van der Waals surface area (Å²) in [7, 11) is 0. The fourth-order valence-corrected chi connectivity index (χ4v) is 3.09. The smallest absolute Gasteiger partial charge is 0.274 e. The standard InChI is InChI=1S/C19H20ClFN4O2/c1-2-24-7-9-25(10-8-24)19(27)13-5-6-22-17(11-13)18(26)23-14-3-4-16(21)15(20)12-14/h3-6,11-12H,2,7-10H2,1H3,(H,23,26). The molecule has 2 amide bonds. The molecular weight excluding hydrogens is 371 g/mol. The summed E-state index contributed by atoms with van der Waals surface area (Å²) in [5.74, 6) is -1.18. The number of likely N-dealkylation sites (N-methyl/N-ethyl adjacent to an activating group) is 1. The first-order valence-electron chi connectivity index (χ1n) is 8.72. The van der Waals surface area contributed by atoms with Gasteiger partial charge in [-0.3, -0.25) is 14.6 Å². The molecule has 0 aliphatic carbocycles. The van der Waals surface area contributed by atoms with Gasteiger partial charge in [0.2, 0.25) is 0 Å². The van der Waals surface area contributed by atoms with Crippen LogP contribution in [0.2, 0.25) is 5.02 Å². The van der Waals surface area contributed by atoms with Crippen molar-refractivity contribution < 1.29 is 14.0 Å². The molecule has 1 N–H and O–H groups in total. The monoisotopic (exact) mass is 390 g/mol. The van der Waals surface area contributed by atoms with Crippen molar-refractivity contribution in [1.29, 1.82) is 0 Å². The number of amides is 2. The van der Waals surface area contributed by atoms with Crippen LogP contribution in [0.3, 0.4) is 0 Å². The molecule has 1 aromatic heterocycles. The molecule has 0 spiro atoms. The predicted molar refractivity (Wildman–Crippen MR) is 102 cm³/mol. The summed E-state index contributed by atoms with van der Waals surface area (Å²) in [6.07, 6.45) is 1.43. The quantitative estimate of drug-likeness (QED) is 0.871. The molecule has 2 aromatic rings. The van der Waals surface area contributed by atoms with Gasteiger partial charge in [0.1, 0.15) is 11.5 Å². The van der Waals surface area contributed by atoms with E-state index >= 15 is 0 Å². The molecule has 3 rings (SSSR count). The van der Waals surface area contributed by atoms with Crippen LogP contribution >= 0.6 is 11.6 Å². The van der Waals surface area contributed by atoms with Crippen LogP contribution in [0.1, 0.15) is 27.8 Å². The first-order chi connectivity index (χ1) is 13.0. The van der Waals surface area contributed by atoms with Gasteiger partial charge in [0.25, 0.3) is 11.8 Å². The lowest BCUT2D eigenvalue weighted by Gasteiger charge is -2.34. The molecule has 27 heavy (non-hydrogen) atoms. The highest BCUT2D eigenvalue weighted by Gasteiger charge is 2.22. The van der Waals surface area contributed by atoms with Gasteiger partial charge in [-0.2, -0.15) is 0 Å². The number of piperazine rings is 1. The highest BCUT2D eigenvalue weighted by atomic mass is 35.5. The maximum Gasteiger partial charge on any atom is 0.274 e. The van der Waals surface area contributed by atoms with Gasteiger partial charge < -0.3 is 15.1 Å². The molecule has 1 aromatic carbocycles. The molecule has 0 unspecified atom stereocenters. The molecule has 1 saturated heterocycles. The van der Waals surface area contributed by atoms with Gasteiger partial charge in [-0.25, -0.2) is 4.39 Å². The molecule has 142 valence electrons. The first-order valence-corrected chi connectivity index (χ1v) is 9.10. The Hall–Kier alpha value is -2.51. The Kier molecular flexibility index (Phi) is 6.03. The number of hydrogen-bond donors (Lipinski definition) is 1. The summed E-state index contributed by atoms with van der Waals surface area (Å²) in [4.78, 5) is 33.2. The molecule has 8 heteroatoms. The van der Waals surface area contributed by atoms with Crippen molar-refractivity contribution >= 4 is 29.1 Å². The largest absolute Gasteiger partial charge is 0.336 e. The first kappa shape index (κ1) is 19.3. The number of pyridine rings is 1. The van der Waals surface area contributed by atoms with Crippen LogP contribution < -0.4 is 5.32 Å². The Morgan fingerprint density at radius 3 is 2.59 bits per heavy atom. The topological polar surface area (TPSA) is 65.5 Å². The van der Waals surface area contributed by atoms with Crippen molar-refractivity contribution in [3.63, 3.8) is 0 Å². The zero-order valence-electron chi connectivity index (χ0n) is 14.9. The zero-order valence-corrected chi connectivity index (χ0v) is 15.7. The van der Waals surface area contributed by atoms with E-state index in [1.807, 2.05) is 0 Å². The van der Waals surface area contributed by atoms with Gasteiger partial charge >= 0.3 is 0 Å². The molecule has 1 fully saturated rings. The van der Waals surface area contributed by atoms with Gasteiger partial charge in [-0.1, -0.05) is 18.5 Å². The van der Waals surface area contributed by atoms with Crippen molar-refractivity contribution in [2.75, 3.05) is 38.0 Å². The Balaban J connectivity index is 1.70. The summed E-state index contributed by atoms with van der Waals surface area (Å²) in [5, 5.41) is 2.51. The van der Waals surface area contributed by atoms with E-state index in [-0.39, 0.29) is 16.6 Å². The van der Waals surface area contributed by atoms with E-state index < -0.39 is 11.7 Å². The lowest BCUT2D eigenvalue weighted by Crippen LogP contribution is -2.48. The molecule has 2 heterocycles. The van der Waals surface area contributed by atoms with Crippen LogP contribution in [0, 0.1) is 5.82 Å². The van der Waals surface area contributed by atoms with E-state index in [0.29, 0.717) is 24.3 Å². The normalized spacial score (nSPS) is 14.9. The van der Waals surface area contributed by atoms with E-state index in [0.717, 1.165) is 19.6 Å². The number of aromatic nitrogens is 1. The fraction of sp³-hybridized carbons (Fsp3) is 0.316. The van der Waals surface area contributed by atoms with E-state index in [2.05, 4.69) is 22.1 Å². The summed E-state index contributed by atoms with van der Waals surface area (Å²) >= 11 is 5.72. The minimum atomic E-state index is -0.566. The van der Waals surface area contributed by atoms with Crippen LogP contribution in [0.4, 0.5) is 10.1 Å². The van der Waals surface area contributed by atoms with Gasteiger partial charge in [0.15, 0.2) is 0 Å². The van der Waals surface area contributed by atoms with Gasteiger partial charge in [-0.05, 0) is 36.9 Å². The van der Waals surface area contributed by atoms with E-state index in [1.54, 1.807) is 11.0 Å². The molecule has 0 radical (unpaired) electrons. The predicted octanol–water partition coefficient (Wildman–Crippen LogP) is 2.90. The minimum Gasteiger partial charge on any atom is -0.336 e. The zero-order chi connectivity index (χ0) is 19.4. The summed E-state index contributed by atoms with van der Waals surface area (Å²) in [6.45, 7) is 6.06. The van der Waals surface area contributed by atoms with E-state index in [1.165, 1.54) is 30.5 Å². The van der Waals surface area contributed by atoms with Gasteiger partial charge in [0, 0.05) is 43.6 Å². The van der Waals surface area contributed by atoms with Crippen LogP contribution in [-0.4, -0.2) is 59.3 Å². The van der Waals surface area contributed by atoms with Gasteiger partial charge in [0.05, 0.1) is 5.02 Å². The van der Waals surface area contributed by atoms with Crippen molar-refractivity contribution in [3.8, 4) is 0 Å². The van der Waals surface area contributed by atoms with E-state index in [4.69, 9.17) is 11.6 Å². The molecule has 6 nitrogen and oxygen atoms in total. The minimum absolute atomic E-state index is 0.0871. The second kappa shape index (κ2) is 8.45. The maximum absolute atomic E-state index is 13.2. The summed E-state index contributed by atoms with van der Waals surface area (Å²) in [5.41, 5.74) is 0.867. The van der Waals surface area contributed by atoms with Crippen LogP contribution in [-0.2, 0) is 0 Å². The second-order valence-corrected chi connectivity index (χ2v) is 6.65. The number of nitrogens with one attached hydrogen (secondary N) is 1. The molecule has 1 aliphatic heterocycles. The molecular formula is C19H20ClFN4O2. The van der Waals surface area contributed by atoms with Crippen molar-refractivity contribution in [2.24, 2.45) is 0 Å². The Morgan fingerprint density at radius 2 is 1.93 bits per heavy atom. The number of benzene rings is 1. The summed E-state index contributed by atoms with van der Waals surface area (Å²) < 4.78 is 13.2. The SMILES string of the molecule is CCN1CCN(C(=O)c2ccnc(C(=O)Nc3ccc(F)c(Cl)c3)c2)CC1. The maximum atomic E-state index is 13.2. The summed E-state index contributed by atoms with van der Waals surface area (Å²) in [6, 6.07) is 6.95. The number of halogens is 2. The number of hydrogen-bond acceptors (Lipinski definition) is 4. The third-order valence-corrected chi connectivity index (χ3v) is 4.81. The fourth-order valence-electron chi connectivity index (χ4n) is 2.91. The second-order valence-electron chi connectivity index (χ2n) is 6.24. The van der Waals surface area contributed by atoms with E-state index in [9.17, 15) is 14.0 Å². The van der Waals surface area contributed by atoms with Crippen molar-refractivity contribution in [3.05, 3.63) is 58.6 Å². The van der Waals surface area contributed by atoms with Crippen LogP contribution in [0.15, 0.2) is 36.5 Å². The molecule has 0 saturated carbocycles.